The van der Waals surface area contributed by atoms with Crippen LogP contribution >= 0.6 is 11.3 Å². The van der Waals surface area contributed by atoms with Gasteiger partial charge in [-0.15, -0.1) is 11.3 Å². The van der Waals surface area contributed by atoms with Crippen LogP contribution in [-0.4, -0.2) is 49.8 Å². The summed E-state index contributed by atoms with van der Waals surface area (Å²) in [7, 11) is -3.51. The van der Waals surface area contributed by atoms with Gasteiger partial charge in [0.2, 0.25) is 15.9 Å². The fourth-order valence-electron chi connectivity index (χ4n) is 3.03. The predicted octanol–water partition coefficient (Wildman–Crippen LogP) is 0.499. The van der Waals surface area contributed by atoms with E-state index in [-0.39, 0.29) is 10.8 Å². The van der Waals surface area contributed by atoms with Crippen molar-refractivity contribution in [3.8, 4) is 0 Å². The molecule has 2 heterocycles. The van der Waals surface area contributed by atoms with Crippen LogP contribution in [0.4, 0.5) is 5.69 Å². The number of hydrogen-bond acceptors (Lipinski definition) is 5. The van der Waals surface area contributed by atoms with Crippen LogP contribution < -0.4 is 10.2 Å². The van der Waals surface area contributed by atoms with Crippen LogP contribution in [0, 0.1) is 6.92 Å². The highest BCUT2D eigenvalue weighted by molar-refractivity contribution is 7.89. The van der Waals surface area contributed by atoms with Crippen molar-refractivity contribution in [2.24, 2.45) is 0 Å². The standard InChI is InChI=1S/C17H22N4O3S2/c1-13(22)18-15-3-5-17(6-4-15)26(23,24)21-9-7-20(8-10-21)11-16-12-25-14(2)19-16/h3-6,12H,7-11H2,1-2H3,(H,18,22)/p+1. The molecule has 1 aromatic heterocycles. The van der Waals surface area contributed by atoms with Crippen LogP contribution in [0.25, 0.3) is 0 Å². The first-order valence-corrected chi connectivity index (χ1v) is 10.8. The third kappa shape index (κ3) is 4.47. The topological polar surface area (TPSA) is 83.8 Å². The number of benzene rings is 1. The number of rotatable bonds is 5. The van der Waals surface area contributed by atoms with Crippen LogP contribution in [0.2, 0.25) is 0 Å². The molecule has 0 saturated carbocycles. The third-order valence-corrected chi connectivity index (χ3v) is 7.07. The summed E-state index contributed by atoms with van der Waals surface area (Å²) >= 11 is 1.64. The van der Waals surface area contributed by atoms with Gasteiger partial charge in [-0.1, -0.05) is 0 Å². The molecular weight excluding hydrogens is 372 g/mol. The summed E-state index contributed by atoms with van der Waals surface area (Å²) in [5, 5.41) is 5.77. The van der Waals surface area contributed by atoms with Crippen LogP contribution in [0.3, 0.4) is 0 Å². The number of carbonyl (C=O) groups is 1. The van der Waals surface area contributed by atoms with Gasteiger partial charge in [0.1, 0.15) is 12.2 Å². The Morgan fingerprint density at radius 2 is 1.92 bits per heavy atom. The number of hydrogen-bond donors (Lipinski definition) is 2. The number of nitrogens with one attached hydrogen (secondary N) is 2. The van der Waals surface area contributed by atoms with E-state index in [4.69, 9.17) is 0 Å². The molecule has 140 valence electrons. The average Bonchev–Trinajstić information content (AvgIpc) is 3.00. The maximum Gasteiger partial charge on any atom is 0.243 e. The normalized spacial score (nSPS) is 16.5. The van der Waals surface area contributed by atoms with E-state index in [0.717, 1.165) is 30.3 Å². The highest BCUT2D eigenvalue weighted by Crippen LogP contribution is 2.18. The van der Waals surface area contributed by atoms with Crippen LogP contribution in [0.1, 0.15) is 17.6 Å². The maximum absolute atomic E-state index is 12.8. The molecule has 0 bridgehead atoms. The second-order valence-electron chi connectivity index (χ2n) is 6.39. The minimum atomic E-state index is -3.51. The number of anilines is 1. The summed E-state index contributed by atoms with van der Waals surface area (Å²) in [5.41, 5.74) is 1.66. The van der Waals surface area contributed by atoms with E-state index in [1.807, 2.05) is 6.92 Å². The zero-order valence-electron chi connectivity index (χ0n) is 14.9. The molecule has 2 N–H and O–H groups in total. The van der Waals surface area contributed by atoms with Crippen molar-refractivity contribution < 1.29 is 18.1 Å². The molecule has 1 fully saturated rings. The molecule has 3 rings (SSSR count). The number of quaternary nitrogens is 1. The smallest absolute Gasteiger partial charge is 0.243 e. The summed E-state index contributed by atoms with van der Waals surface area (Å²) in [6, 6.07) is 6.30. The Bertz CT molecular complexity index is 870. The highest BCUT2D eigenvalue weighted by Gasteiger charge is 2.30. The van der Waals surface area contributed by atoms with Gasteiger partial charge in [-0.25, -0.2) is 13.4 Å². The third-order valence-electron chi connectivity index (χ3n) is 4.34. The summed E-state index contributed by atoms with van der Waals surface area (Å²) in [6.45, 7) is 6.76. The van der Waals surface area contributed by atoms with E-state index in [2.05, 4.69) is 15.7 Å². The zero-order chi connectivity index (χ0) is 18.7. The van der Waals surface area contributed by atoms with Gasteiger partial charge in [0.15, 0.2) is 0 Å². The van der Waals surface area contributed by atoms with E-state index in [9.17, 15) is 13.2 Å². The van der Waals surface area contributed by atoms with Crippen molar-refractivity contribution in [2.75, 3.05) is 31.5 Å². The fraction of sp³-hybridized carbons (Fsp3) is 0.412. The van der Waals surface area contributed by atoms with Crippen LogP contribution in [-0.2, 0) is 21.4 Å². The van der Waals surface area contributed by atoms with Gasteiger partial charge in [-0.05, 0) is 31.2 Å². The van der Waals surface area contributed by atoms with Gasteiger partial charge < -0.3 is 10.2 Å². The monoisotopic (exact) mass is 395 g/mol. The lowest BCUT2D eigenvalue weighted by molar-refractivity contribution is -0.917. The molecule has 2 aromatic rings. The zero-order valence-corrected chi connectivity index (χ0v) is 16.5. The van der Waals surface area contributed by atoms with Gasteiger partial charge in [0.25, 0.3) is 0 Å². The second-order valence-corrected chi connectivity index (χ2v) is 9.39. The SMILES string of the molecule is CC(=O)Nc1ccc(S(=O)(=O)N2CC[NH+](Cc3csc(C)n3)CC2)cc1. The second kappa shape index (κ2) is 7.83. The minimum Gasteiger partial charge on any atom is -0.328 e. The molecule has 0 unspecified atom stereocenters. The number of piperazine rings is 1. The molecule has 0 spiro atoms. The predicted molar refractivity (Wildman–Crippen MR) is 101 cm³/mol. The van der Waals surface area contributed by atoms with Gasteiger partial charge in [0, 0.05) is 18.0 Å². The van der Waals surface area contributed by atoms with Crippen molar-refractivity contribution in [2.45, 2.75) is 25.3 Å². The average molecular weight is 396 g/mol. The first kappa shape index (κ1) is 19.0. The van der Waals surface area contributed by atoms with E-state index in [0.29, 0.717) is 18.8 Å². The molecule has 1 aromatic carbocycles. The molecule has 9 heteroatoms. The number of aromatic nitrogens is 1. The first-order valence-electron chi connectivity index (χ1n) is 8.47. The molecule has 0 atom stereocenters. The molecule has 1 aliphatic heterocycles. The lowest BCUT2D eigenvalue weighted by Gasteiger charge is -2.31. The number of amides is 1. The number of sulfonamides is 1. The number of carbonyl (C=O) groups excluding carboxylic acids is 1. The molecular formula is C17H23N4O3S2+. The Morgan fingerprint density at radius 1 is 1.27 bits per heavy atom. The van der Waals surface area contributed by atoms with Crippen molar-refractivity contribution in [1.82, 2.24) is 9.29 Å². The Kier molecular flexibility index (Phi) is 5.71. The highest BCUT2D eigenvalue weighted by atomic mass is 32.2. The maximum atomic E-state index is 12.8. The Labute approximate surface area is 157 Å². The summed E-state index contributed by atoms with van der Waals surface area (Å²) < 4.78 is 27.2. The fourth-order valence-corrected chi connectivity index (χ4v) is 5.08. The molecule has 1 saturated heterocycles. The number of nitrogens with zero attached hydrogens (tertiary/aromatic N) is 2. The molecule has 0 radical (unpaired) electrons. The molecule has 1 amide bonds. The van der Waals surface area contributed by atoms with Crippen LogP contribution in [0.5, 0.6) is 0 Å². The Balaban J connectivity index is 1.61. The van der Waals surface area contributed by atoms with E-state index in [1.165, 1.54) is 28.3 Å². The van der Waals surface area contributed by atoms with Gasteiger partial charge in [-0.3, -0.25) is 4.79 Å². The molecule has 0 aliphatic carbocycles. The van der Waals surface area contributed by atoms with Gasteiger partial charge >= 0.3 is 0 Å². The Morgan fingerprint density at radius 3 is 2.46 bits per heavy atom. The molecule has 7 nitrogen and oxygen atoms in total. The molecule has 26 heavy (non-hydrogen) atoms. The van der Waals surface area contributed by atoms with E-state index >= 15 is 0 Å². The summed E-state index contributed by atoms with van der Waals surface area (Å²) in [5.74, 6) is -0.185. The largest absolute Gasteiger partial charge is 0.328 e. The minimum absolute atomic E-state index is 0.185. The number of thiazole rings is 1. The van der Waals surface area contributed by atoms with Crippen LogP contribution in [0.15, 0.2) is 34.5 Å². The van der Waals surface area contributed by atoms with E-state index in [1.54, 1.807) is 23.5 Å². The first-order chi connectivity index (χ1) is 12.3. The van der Waals surface area contributed by atoms with Gasteiger partial charge in [-0.2, -0.15) is 4.31 Å². The van der Waals surface area contributed by atoms with Crippen molar-refractivity contribution in [3.63, 3.8) is 0 Å². The van der Waals surface area contributed by atoms with Gasteiger partial charge in [0.05, 0.1) is 36.1 Å². The Hall–Kier alpha value is -1.81. The quantitative estimate of drug-likeness (QED) is 0.772. The van der Waals surface area contributed by atoms with Crippen molar-refractivity contribution in [3.05, 3.63) is 40.3 Å². The summed E-state index contributed by atoms with van der Waals surface area (Å²) in [4.78, 5) is 17.2. The molecule has 1 aliphatic rings. The number of aryl methyl sites for hydroxylation is 1. The summed E-state index contributed by atoms with van der Waals surface area (Å²) in [6.07, 6.45) is 0. The lowest BCUT2D eigenvalue weighted by Crippen LogP contribution is -3.13. The van der Waals surface area contributed by atoms with E-state index < -0.39 is 10.0 Å². The van der Waals surface area contributed by atoms with Crippen molar-refractivity contribution >= 4 is 33.0 Å². The lowest BCUT2D eigenvalue weighted by atomic mass is 10.3. The van der Waals surface area contributed by atoms with Crippen molar-refractivity contribution in [1.29, 1.82) is 0 Å².